The van der Waals surface area contributed by atoms with Crippen molar-refractivity contribution in [3.63, 3.8) is 0 Å². The molecular weight excluding hydrogens is 544 g/mol. The van der Waals surface area contributed by atoms with Gasteiger partial charge in [-0.3, -0.25) is 9.69 Å². The molecule has 0 unspecified atom stereocenters. The zero-order valence-electron chi connectivity index (χ0n) is 23.5. The summed E-state index contributed by atoms with van der Waals surface area (Å²) in [6.07, 6.45) is 0. The maximum atomic E-state index is 14.1. The molecule has 1 fully saturated rings. The fourth-order valence-electron chi connectivity index (χ4n) is 5.02. The van der Waals surface area contributed by atoms with Crippen LogP contribution in [0, 0.1) is 0 Å². The Balaban J connectivity index is 1.68. The zero-order chi connectivity index (χ0) is 29.1. The molecule has 0 spiro atoms. The van der Waals surface area contributed by atoms with Crippen molar-refractivity contribution in [2.45, 2.75) is 13.0 Å². The van der Waals surface area contributed by atoms with E-state index in [1.807, 2.05) is 30.1 Å². The summed E-state index contributed by atoms with van der Waals surface area (Å²) in [5.41, 5.74) is 1.38. The first kappa shape index (κ1) is 28.3. The number of rotatable bonds is 7. The van der Waals surface area contributed by atoms with E-state index in [2.05, 4.69) is 17.3 Å². The van der Waals surface area contributed by atoms with Crippen molar-refractivity contribution in [2.75, 3.05) is 62.7 Å². The molecule has 2 heterocycles. The molecule has 1 saturated heterocycles. The summed E-state index contributed by atoms with van der Waals surface area (Å²) in [5.74, 6) is 1.43. The molecule has 1 atom stereocenters. The highest BCUT2D eigenvalue weighted by molar-refractivity contribution is 6.30. The van der Waals surface area contributed by atoms with Crippen LogP contribution in [0.2, 0.25) is 5.02 Å². The van der Waals surface area contributed by atoms with Crippen LogP contribution in [-0.4, -0.2) is 68.0 Å². The van der Waals surface area contributed by atoms with Crippen molar-refractivity contribution in [1.82, 2.24) is 14.6 Å². The van der Waals surface area contributed by atoms with Crippen LogP contribution in [-0.2, 0) is 0 Å². The van der Waals surface area contributed by atoms with Gasteiger partial charge in [0, 0.05) is 43.0 Å². The number of fused-ring (bicyclic) bond motifs is 1. The second-order valence-corrected chi connectivity index (χ2v) is 10.3. The van der Waals surface area contributed by atoms with Crippen LogP contribution in [0.1, 0.15) is 18.8 Å². The molecule has 5 rings (SSSR count). The Hall–Kier alpha value is -4.28. The van der Waals surface area contributed by atoms with Gasteiger partial charge in [0.1, 0.15) is 11.5 Å². The molecule has 1 N–H and O–H groups in total. The van der Waals surface area contributed by atoms with Gasteiger partial charge in [0.15, 0.2) is 5.82 Å². The van der Waals surface area contributed by atoms with Crippen LogP contribution < -0.4 is 30.3 Å². The lowest BCUT2D eigenvalue weighted by molar-refractivity contribution is 0.253. The average molecular weight is 577 g/mol. The summed E-state index contributed by atoms with van der Waals surface area (Å²) in [6.45, 7) is 4.70. The fraction of sp³-hybridized carbons (Fsp3) is 0.300. The summed E-state index contributed by atoms with van der Waals surface area (Å²) in [4.78, 5) is 36.8. The predicted molar refractivity (Wildman–Crippen MR) is 162 cm³/mol. The first-order chi connectivity index (χ1) is 19.8. The van der Waals surface area contributed by atoms with E-state index in [0.29, 0.717) is 57.7 Å². The molecule has 0 saturated carbocycles. The molecule has 0 aliphatic carbocycles. The van der Waals surface area contributed by atoms with Gasteiger partial charge in [-0.05, 0) is 56.4 Å². The lowest BCUT2D eigenvalue weighted by Crippen LogP contribution is -2.55. The number of piperazine rings is 1. The third-order valence-electron chi connectivity index (χ3n) is 7.24. The largest absolute Gasteiger partial charge is 0.497 e. The molecule has 4 aromatic rings. The van der Waals surface area contributed by atoms with Gasteiger partial charge < -0.3 is 24.7 Å². The SMILES string of the molecule is COc1ccc(N(C(=O)Nc2cccc(Cl)c2)[C@@H](C)c2nc3ccccc3c(=O)n2N2CCN(C)CC2)c(OC)c1. The van der Waals surface area contributed by atoms with E-state index in [1.165, 1.54) is 7.11 Å². The number of amides is 2. The maximum absolute atomic E-state index is 14.1. The van der Waals surface area contributed by atoms with Gasteiger partial charge in [0.25, 0.3) is 5.56 Å². The van der Waals surface area contributed by atoms with Gasteiger partial charge in [0.05, 0.1) is 36.9 Å². The molecule has 10 nitrogen and oxygen atoms in total. The van der Waals surface area contributed by atoms with Crippen LogP contribution in [0.15, 0.2) is 71.5 Å². The predicted octanol–water partition coefficient (Wildman–Crippen LogP) is 4.75. The lowest BCUT2D eigenvalue weighted by Gasteiger charge is -2.38. The van der Waals surface area contributed by atoms with Gasteiger partial charge in [0.2, 0.25) is 0 Å². The Kier molecular flexibility index (Phi) is 8.32. The number of hydrogen-bond acceptors (Lipinski definition) is 7. The first-order valence-corrected chi connectivity index (χ1v) is 13.7. The van der Waals surface area contributed by atoms with Gasteiger partial charge in [-0.1, -0.05) is 29.8 Å². The van der Waals surface area contributed by atoms with Crippen LogP contribution in [0.3, 0.4) is 0 Å². The second-order valence-electron chi connectivity index (χ2n) is 9.89. The number of nitrogens with zero attached hydrogens (tertiary/aromatic N) is 5. The summed E-state index contributed by atoms with van der Waals surface area (Å²) in [5, 5.41) is 5.96. The molecule has 214 valence electrons. The van der Waals surface area contributed by atoms with Crippen LogP contribution in [0.4, 0.5) is 16.2 Å². The number of aromatic nitrogens is 2. The molecule has 2 amide bonds. The van der Waals surface area contributed by atoms with E-state index in [1.54, 1.807) is 65.2 Å². The maximum Gasteiger partial charge on any atom is 0.327 e. The number of hydrogen-bond donors (Lipinski definition) is 1. The fourth-order valence-corrected chi connectivity index (χ4v) is 5.21. The number of carbonyl (C=O) groups excluding carboxylic acids is 1. The highest BCUT2D eigenvalue weighted by atomic mass is 35.5. The molecule has 3 aromatic carbocycles. The topological polar surface area (TPSA) is 92.2 Å². The summed E-state index contributed by atoms with van der Waals surface area (Å²) in [6, 6.07) is 18.3. The minimum absolute atomic E-state index is 0.182. The number of nitrogens with one attached hydrogen (secondary N) is 1. The first-order valence-electron chi connectivity index (χ1n) is 13.3. The number of methoxy groups -OCH3 is 2. The van der Waals surface area contributed by atoms with E-state index >= 15 is 0 Å². The number of anilines is 2. The van der Waals surface area contributed by atoms with Crippen LogP contribution >= 0.6 is 11.6 Å². The average Bonchev–Trinajstić information content (AvgIpc) is 2.98. The third kappa shape index (κ3) is 5.79. The van der Waals surface area contributed by atoms with Crippen molar-refractivity contribution >= 4 is 39.9 Å². The van der Waals surface area contributed by atoms with Crippen LogP contribution in [0.25, 0.3) is 10.9 Å². The minimum atomic E-state index is -0.701. The number of likely N-dealkylation sites (N-methyl/N-ethyl adjacent to an activating group) is 1. The number of halogens is 1. The van der Waals surface area contributed by atoms with Gasteiger partial charge in [-0.25, -0.2) is 14.5 Å². The Labute approximate surface area is 243 Å². The van der Waals surface area contributed by atoms with Crippen molar-refractivity contribution in [3.05, 3.63) is 87.9 Å². The monoisotopic (exact) mass is 576 g/mol. The normalized spacial score (nSPS) is 14.5. The molecule has 0 bridgehead atoms. The smallest absolute Gasteiger partial charge is 0.327 e. The zero-order valence-corrected chi connectivity index (χ0v) is 24.3. The molecule has 11 heteroatoms. The minimum Gasteiger partial charge on any atom is -0.497 e. The van der Waals surface area contributed by atoms with Gasteiger partial charge in [-0.2, -0.15) is 0 Å². The van der Waals surface area contributed by atoms with E-state index in [4.69, 9.17) is 26.1 Å². The number of urea groups is 1. The number of para-hydroxylation sites is 1. The number of carbonyl (C=O) groups is 1. The molecule has 41 heavy (non-hydrogen) atoms. The van der Waals surface area contributed by atoms with Crippen molar-refractivity contribution in [3.8, 4) is 11.5 Å². The summed E-state index contributed by atoms with van der Waals surface area (Å²) >= 11 is 6.20. The Morgan fingerprint density at radius 1 is 1.00 bits per heavy atom. The molecule has 0 radical (unpaired) electrons. The van der Waals surface area contributed by atoms with Crippen molar-refractivity contribution in [1.29, 1.82) is 0 Å². The van der Waals surface area contributed by atoms with E-state index in [-0.39, 0.29) is 5.56 Å². The summed E-state index contributed by atoms with van der Waals surface area (Å²) in [7, 11) is 5.15. The third-order valence-corrected chi connectivity index (χ3v) is 7.48. The molecule has 1 aromatic heterocycles. The number of ether oxygens (including phenoxy) is 2. The molecule has 1 aliphatic heterocycles. The van der Waals surface area contributed by atoms with Crippen LogP contribution in [0.5, 0.6) is 11.5 Å². The highest BCUT2D eigenvalue weighted by Crippen LogP contribution is 2.37. The molecule has 1 aliphatic rings. The van der Waals surface area contributed by atoms with Gasteiger partial charge in [-0.15, -0.1) is 0 Å². The van der Waals surface area contributed by atoms with Crippen molar-refractivity contribution in [2.24, 2.45) is 0 Å². The van der Waals surface area contributed by atoms with Gasteiger partial charge >= 0.3 is 6.03 Å². The van der Waals surface area contributed by atoms with Crippen molar-refractivity contribution < 1.29 is 14.3 Å². The lowest BCUT2D eigenvalue weighted by atomic mass is 10.1. The molecular formula is C30H33ClN6O4. The Morgan fingerprint density at radius 3 is 2.46 bits per heavy atom. The van der Waals surface area contributed by atoms with E-state index in [0.717, 1.165) is 13.1 Å². The Morgan fingerprint density at radius 2 is 1.76 bits per heavy atom. The standard InChI is InChI=1S/C30H33ClN6O4/c1-20(28-33-25-11-6-5-10-24(25)29(38)37(28)35-16-14-34(2)15-17-35)36(26-13-12-23(40-3)19-27(26)41-4)30(39)32-22-9-7-8-21(31)18-22/h5-13,18-20H,14-17H2,1-4H3,(H,32,39)/t20-/m0/s1. The van der Waals surface area contributed by atoms with E-state index in [9.17, 15) is 9.59 Å². The second kappa shape index (κ2) is 12.1. The van der Waals surface area contributed by atoms with E-state index < -0.39 is 12.1 Å². The summed E-state index contributed by atoms with van der Waals surface area (Å²) < 4.78 is 12.7. The highest BCUT2D eigenvalue weighted by Gasteiger charge is 2.32. The Bertz CT molecular complexity index is 1620. The quantitative estimate of drug-likeness (QED) is 0.339. The number of benzene rings is 3.